The van der Waals surface area contributed by atoms with E-state index in [1.54, 1.807) is 0 Å². The molecule has 1 aliphatic rings. The highest BCUT2D eigenvalue weighted by molar-refractivity contribution is 7.13. The molecule has 116 valence electrons. The molecule has 0 atom stereocenters. The zero-order valence-electron chi connectivity index (χ0n) is 12.7. The lowest BCUT2D eigenvalue weighted by Crippen LogP contribution is -2.32. The fraction of sp³-hybridized carbons (Fsp3) is 0.412. The molecule has 1 aliphatic heterocycles. The van der Waals surface area contributed by atoms with Crippen LogP contribution in [0.4, 0.5) is 0 Å². The molecule has 22 heavy (non-hydrogen) atoms. The molecular formula is C17H20N2O2S. The van der Waals surface area contributed by atoms with Crippen molar-refractivity contribution in [1.29, 1.82) is 0 Å². The minimum absolute atomic E-state index is 0.404. The first-order valence-electron chi connectivity index (χ1n) is 7.68. The Morgan fingerprint density at radius 3 is 2.82 bits per heavy atom. The standard InChI is InChI=1S/C17H20N2O2S/c1-2-14-16(17(20)21)22-15(18-14)8-10-19-9-7-12-5-3-4-6-13(12)11-19/h3-6H,2,7-11H2,1H3,(H,20,21). The average molecular weight is 316 g/mol. The van der Waals surface area contributed by atoms with E-state index in [-0.39, 0.29) is 0 Å². The molecule has 0 saturated heterocycles. The first-order valence-corrected chi connectivity index (χ1v) is 8.50. The van der Waals surface area contributed by atoms with Crippen LogP contribution in [0.3, 0.4) is 0 Å². The van der Waals surface area contributed by atoms with E-state index in [9.17, 15) is 9.90 Å². The highest BCUT2D eigenvalue weighted by Crippen LogP contribution is 2.22. The molecule has 1 aromatic heterocycles. The highest BCUT2D eigenvalue weighted by atomic mass is 32.1. The molecular weight excluding hydrogens is 296 g/mol. The molecule has 2 heterocycles. The van der Waals surface area contributed by atoms with Crippen molar-refractivity contribution in [3.63, 3.8) is 0 Å². The summed E-state index contributed by atoms with van der Waals surface area (Å²) in [5.74, 6) is -0.854. The Bertz CT molecular complexity index is 681. The van der Waals surface area contributed by atoms with Gasteiger partial charge in [-0.2, -0.15) is 0 Å². The predicted octanol–water partition coefficient (Wildman–Crippen LogP) is 3.00. The molecule has 4 nitrogen and oxygen atoms in total. The summed E-state index contributed by atoms with van der Waals surface area (Å²) in [5, 5.41) is 10.1. The van der Waals surface area contributed by atoms with Crippen molar-refractivity contribution < 1.29 is 9.90 Å². The summed E-state index contributed by atoms with van der Waals surface area (Å²) in [5.41, 5.74) is 3.58. The summed E-state index contributed by atoms with van der Waals surface area (Å²) in [7, 11) is 0. The maximum atomic E-state index is 11.2. The Balaban J connectivity index is 1.63. The van der Waals surface area contributed by atoms with Crippen molar-refractivity contribution in [2.45, 2.75) is 32.7 Å². The molecule has 0 saturated carbocycles. The van der Waals surface area contributed by atoms with Crippen LogP contribution in [0.1, 0.15) is 38.4 Å². The van der Waals surface area contributed by atoms with E-state index in [0.717, 1.165) is 43.2 Å². The number of carboxylic acid groups (broad SMARTS) is 1. The van der Waals surface area contributed by atoms with Crippen LogP contribution in [-0.2, 0) is 25.8 Å². The maximum Gasteiger partial charge on any atom is 0.347 e. The van der Waals surface area contributed by atoms with Crippen LogP contribution >= 0.6 is 11.3 Å². The van der Waals surface area contributed by atoms with Crippen LogP contribution in [0.25, 0.3) is 0 Å². The molecule has 0 spiro atoms. The largest absolute Gasteiger partial charge is 0.477 e. The van der Waals surface area contributed by atoms with Gasteiger partial charge in [0.25, 0.3) is 0 Å². The smallest absolute Gasteiger partial charge is 0.347 e. The van der Waals surface area contributed by atoms with Crippen molar-refractivity contribution in [1.82, 2.24) is 9.88 Å². The molecule has 0 unspecified atom stereocenters. The lowest BCUT2D eigenvalue weighted by Gasteiger charge is -2.28. The summed E-state index contributed by atoms with van der Waals surface area (Å²) < 4.78 is 0. The van der Waals surface area contributed by atoms with E-state index in [2.05, 4.69) is 34.1 Å². The number of aromatic carboxylic acids is 1. The first-order chi connectivity index (χ1) is 10.7. The second-order valence-electron chi connectivity index (χ2n) is 5.59. The van der Waals surface area contributed by atoms with Gasteiger partial charge in [0.1, 0.15) is 4.88 Å². The van der Waals surface area contributed by atoms with Crippen molar-refractivity contribution in [2.24, 2.45) is 0 Å². The molecule has 3 rings (SSSR count). The quantitative estimate of drug-likeness (QED) is 0.921. The van der Waals surface area contributed by atoms with E-state index in [4.69, 9.17) is 0 Å². The minimum Gasteiger partial charge on any atom is -0.477 e. The third-order valence-corrected chi connectivity index (χ3v) is 5.27. The number of nitrogens with zero attached hydrogens (tertiary/aromatic N) is 2. The van der Waals surface area contributed by atoms with Crippen molar-refractivity contribution in [3.05, 3.63) is 51.0 Å². The van der Waals surface area contributed by atoms with Crippen LogP contribution in [0.5, 0.6) is 0 Å². The Morgan fingerprint density at radius 2 is 2.14 bits per heavy atom. The van der Waals surface area contributed by atoms with Crippen LogP contribution < -0.4 is 0 Å². The number of carboxylic acids is 1. The fourth-order valence-electron chi connectivity index (χ4n) is 2.91. The zero-order chi connectivity index (χ0) is 15.5. The van der Waals surface area contributed by atoms with Gasteiger partial charge >= 0.3 is 5.97 Å². The van der Waals surface area contributed by atoms with E-state index in [0.29, 0.717) is 11.3 Å². The number of hydrogen-bond acceptors (Lipinski definition) is 4. The number of thiazole rings is 1. The molecule has 0 amide bonds. The van der Waals surface area contributed by atoms with E-state index >= 15 is 0 Å². The van der Waals surface area contributed by atoms with Gasteiger partial charge in [-0.25, -0.2) is 9.78 Å². The van der Waals surface area contributed by atoms with Gasteiger partial charge in [-0.15, -0.1) is 11.3 Å². The summed E-state index contributed by atoms with van der Waals surface area (Å²) in [6.45, 7) is 4.93. The molecule has 1 aromatic carbocycles. The van der Waals surface area contributed by atoms with Gasteiger partial charge in [0, 0.05) is 26.1 Å². The third kappa shape index (κ3) is 3.20. The number of hydrogen-bond donors (Lipinski definition) is 1. The van der Waals surface area contributed by atoms with Gasteiger partial charge in [-0.3, -0.25) is 4.90 Å². The number of fused-ring (bicyclic) bond motifs is 1. The highest BCUT2D eigenvalue weighted by Gasteiger charge is 2.18. The Labute approximate surface area is 134 Å². The second kappa shape index (κ2) is 6.58. The van der Waals surface area contributed by atoms with Gasteiger partial charge in [0.2, 0.25) is 0 Å². The lowest BCUT2D eigenvalue weighted by atomic mass is 10.00. The summed E-state index contributed by atoms with van der Waals surface area (Å²) >= 11 is 1.33. The van der Waals surface area contributed by atoms with Crippen LogP contribution in [0.15, 0.2) is 24.3 Å². The van der Waals surface area contributed by atoms with Crippen LogP contribution in [0, 0.1) is 0 Å². The molecule has 1 N–H and O–H groups in total. The molecule has 0 bridgehead atoms. The monoisotopic (exact) mass is 316 g/mol. The average Bonchev–Trinajstić information content (AvgIpc) is 2.96. The molecule has 5 heteroatoms. The third-order valence-electron chi connectivity index (χ3n) is 4.12. The van der Waals surface area contributed by atoms with E-state index in [1.807, 2.05) is 6.92 Å². The number of aryl methyl sites for hydroxylation is 1. The summed E-state index contributed by atoms with van der Waals surface area (Å²) in [6, 6.07) is 8.60. The van der Waals surface area contributed by atoms with E-state index < -0.39 is 5.97 Å². The zero-order valence-corrected chi connectivity index (χ0v) is 13.5. The second-order valence-corrected chi connectivity index (χ2v) is 6.67. The van der Waals surface area contributed by atoms with Crippen LogP contribution in [0.2, 0.25) is 0 Å². The Hall–Kier alpha value is -1.72. The van der Waals surface area contributed by atoms with Gasteiger partial charge in [-0.1, -0.05) is 31.2 Å². The van der Waals surface area contributed by atoms with Crippen LogP contribution in [-0.4, -0.2) is 34.0 Å². The lowest BCUT2D eigenvalue weighted by molar-refractivity contribution is 0.0701. The van der Waals surface area contributed by atoms with Gasteiger partial charge in [0.15, 0.2) is 0 Å². The van der Waals surface area contributed by atoms with Crippen molar-refractivity contribution >= 4 is 17.3 Å². The van der Waals surface area contributed by atoms with Gasteiger partial charge in [0.05, 0.1) is 10.7 Å². The van der Waals surface area contributed by atoms with E-state index in [1.165, 1.54) is 22.5 Å². The molecule has 0 fully saturated rings. The minimum atomic E-state index is -0.854. The Morgan fingerprint density at radius 1 is 1.36 bits per heavy atom. The first kappa shape index (κ1) is 15.2. The van der Waals surface area contributed by atoms with Crippen molar-refractivity contribution in [3.8, 4) is 0 Å². The predicted molar refractivity (Wildman–Crippen MR) is 87.6 cm³/mol. The maximum absolute atomic E-state index is 11.2. The summed E-state index contributed by atoms with van der Waals surface area (Å²) in [4.78, 5) is 18.5. The normalized spacial score (nSPS) is 14.8. The van der Waals surface area contributed by atoms with Gasteiger partial charge < -0.3 is 5.11 Å². The SMILES string of the molecule is CCc1nc(CCN2CCc3ccccc3C2)sc1C(=O)O. The van der Waals surface area contributed by atoms with Crippen molar-refractivity contribution in [2.75, 3.05) is 13.1 Å². The van der Waals surface area contributed by atoms with Gasteiger partial charge in [-0.05, 0) is 24.0 Å². The molecule has 0 aliphatic carbocycles. The molecule has 2 aromatic rings. The Kier molecular flexibility index (Phi) is 4.55. The number of carbonyl (C=O) groups is 1. The topological polar surface area (TPSA) is 53.4 Å². The summed E-state index contributed by atoms with van der Waals surface area (Å²) in [6.07, 6.45) is 2.59. The number of benzene rings is 1. The number of rotatable bonds is 5. The fourth-order valence-corrected chi connectivity index (χ4v) is 3.89. The molecule has 0 radical (unpaired) electrons. The number of aromatic nitrogens is 1.